The van der Waals surface area contributed by atoms with E-state index in [0.29, 0.717) is 30.2 Å². The second kappa shape index (κ2) is 7.93. The van der Waals surface area contributed by atoms with Gasteiger partial charge < -0.3 is 15.5 Å². The number of hydrogen-bond acceptors (Lipinski definition) is 5. The summed E-state index contributed by atoms with van der Waals surface area (Å²) in [5.41, 5.74) is 4.77. The Balaban J connectivity index is 1.71. The van der Waals surface area contributed by atoms with Gasteiger partial charge in [-0.15, -0.1) is 0 Å². The molecule has 1 aromatic rings. The molecule has 0 aliphatic carbocycles. The van der Waals surface area contributed by atoms with E-state index < -0.39 is 29.7 Å². The number of likely N-dealkylation sites (tertiary alicyclic amines) is 1. The molecule has 1 atom stereocenters. The number of allylic oxidation sites excluding steroid dienone is 2. The molecule has 11 heteroatoms. The van der Waals surface area contributed by atoms with E-state index >= 15 is 0 Å². The molecule has 1 aromatic heterocycles. The summed E-state index contributed by atoms with van der Waals surface area (Å²) in [4.78, 5) is 31.7. The third-order valence-electron chi connectivity index (χ3n) is 5.47. The van der Waals surface area contributed by atoms with Crippen molar-refractivity contribution in [2.75, 3.05) is 18.4 Å². The van der Waals surface area contributed by atoms with E-state index in [1.54, 1.807) is 19.1 Å². The molecular weight excluding hydrogens is 419 g/mol. The number of urea groups is 1. The number of nitrogens with zero attached hydrogens (tertiary/aromatic N) is 3. The quantitative estimate of drug-likeness (QED) is 0.745. The first-order valence-electron chi connectivity index (χ1n) is 9.48. The van der Waals surface area contributed by atoms with Crippen LogP contribution in [0.5, 0.6) is 0 Å². The molecule has 0 aromatic carbocycles. The highest BCUT2D eigenvalue weighted by atomic mass is 32.1. The van der Waals surface area contributed by atoms with E-state index in [-0.39, 0.29) is 6.54 Å². The lowest BCUT2D eigenvalue weighted by Crippen LogP contribution is -2.52. The molecule has 164 valence electrons. The van der Waals surface area contributed by atoms with E-state index in [9.17, 15) is 22.8 Å². The number of carbonyl (C=O) groups is 2. The highest BCUT2D eigenvalue weighted by Gasteiger charge is 2.50. The Kier molecular flexibility index (Phi) is 5.85. The number of alkyl halides is 3. The van der Waals surface area contributed by atoms with Gasteiger partial charge in [-0.25, -0.2) is 9.78 Å². The van der Waals surface area contributed by atoms with Crippen molar-refractivity contribution in [2.45, 2.75) is 51.4 Å². The largest absolute Gasteiger partial charge is 0.411 e. The Morgan fingerprint density at radius 2 is 2.03 bits per heavy atom. The zero-order chi connectivity index (χ0) is 22.3. The fourth-order valence-corrected chi connectivity index (χ4v) is 4.41. The zero-order valence-corrected chi connectivity index (χ0v) is 17.7. The number of carbonyl (C=O) groups excluding carboxylic acids is 2. The summed E-state index contributed by atoms with van der Waals surface area (Å²) in [6.07, 6.45) is 1.63. The first-order valence-corrected chi connectivity index (χ1v) is 10.3. The standard InChI is InChI=1S/C19H24F3N5O2S/c1-11-14(12-6-9-26(10-7-12)18(2,3)19(20,21)22)30-16(24-11)25-17(29)27-8-4-5-13(27)15(23)28/h6-7,9,13H,4-5,8,10H2,1-3H3,(H2,23,28)(H,24,25,29). The monoisotopic (exact) mass is 443 g/mol. The van der Waals surface area contributed by atoms with Gasteiger partial charge in [-0.3, -0.25) is 10.1 Å². The predicted molar refractivity (Wildman–Crippen MR) is 109 cm³/mol. The number of thiazole rings is 1. The van der Waals surface area contributed by atoms with Crippen LogP contribution in [0.3, 0.4) is 0 Å². The Morgan fingerprint density at radius 3 is 2.60 bits per heavy atom. The maximum Gasteiger partial charge on any atom is 0.411 e. The number of rotatable bonds is 4. The van der Waals surface area contributed by atoms with Gasteiger partial charge in [0.15, 0.2) is 5.13 Å². The first kappa shape index (κ1) is 22.1. The summed E-state index contributed by atoms with van der Waals surface area (Å²) in [5, 5.41) is 3.05. The van der Waals surface area contributed by atoms with E-state index in [4.69, 9.17) is 5.73 Å². The Bertz CT molecular complexity index is 906. The third kappa shape index (κ3) is 4.16. The number of halogens is 3. The van der Waals surface area contributed by atoms with Crippen molar-refractivity contribution in [3.8, 4) is 0 Å². The molecule has 2 aliphatic rings. The molecule has 0 spiro atoms. The summed E-state index contributed by atoms with van der Waals surface area (Å²) in [6.45, 7) is 4.59. The maximum absolute atomic E-state index is 13.3. The maximum atomic E-state index is 13.3. The number of hydrogen-bond donors (Lipinski definition) is 2. The van der Waals surface area contributed by atoms with Crippen LogP contribution in [0.2, 0.25) is 0 Å². The molecule has 7 nitrogen and oxygen atoms in total. The van der Waals surface area contributed by atoms with Gasteiger partial charge in [0.25, 0.3) is 0 Å². The van der Waals surface area contributed by atoms with Crippen molar-refractivity contribution in [1.82, 2.24) is 14.8 Å². The highest BCUT2D eigenvalue weighted by molar-refractivity contribution is 7.17. The molecule has 0 saturated carbocycles. The van der Waals surface area contributed by atoms with E-state index in [1.165, 1.54) is 27.3 Å². The molecule has 1 fully saturated rings. The van der Waals surface area contributed by atoms with Gasteiger partial charge in [0.05, 0.1) is 10.6 Å². The lowest BCUT2D eigenvalue weighted by atomic mass is 10.00. The minimum atomic E-state index is -4.36. The highest BCUT2D eigenvalue weighted by Crippen LogP contribution is 2.38. The Labute approximate surface area is 176 Å². The van der Waals surface area contributed by atoms with Gasteiger partial charge in [0, 0.05) is 19.3 Å². The van der Waals surface area contributed by atoms with Crippen LogP contribution in [0.15, 0.2) is 18.4 Å². The second-order valence-electron chi connectivity index (χ2n) is 7.80. The van der Waals surface area contributed by atoms with Crippen molar-refractivity contribution in [1.29, 1.82) is 0 Å². The van der Waals surface area contributed by atoms with Gasteiger partial charge in [-0.2, -0.15) is 13.2 Å². The van der Waals surface area contributed by atoms with E-state index in [2.05, 4.69) is 10.3 Å². The van der Waals surface area contributed by atoms with Crippen molar-refractivity contribution >= 4 is 34.0 Å². The SMILES string of the molecule is Cc1nc(NC(=O)N2CCCC2C(N)=O)sc1C1=CCN(C(C)(C)C(F)(F)F)C=C1. The predicted octanol–water partition coefficient (Wildman–Crippen LogP) is 3.49. The average molecular weight is 443 g/mol. The lowest BCUT2D eigenvalue weighted by Gasteiger charge is -2.39. The van der Waals surface area contributed by atoms with Crippen LogP contribution < -0.4 is 11.1 Å². The number of nitrogens with one attached hydrogen (secondary N) is 1. The number of anilines is 1. The summed E-state index contributed by atoms with van der Waals surface area (Å²) < 4.78 is 39.8. The van der Waals surface area contributed by atoms with Crippen LogP contribution in [-0.4, -0.2) is 57.6 Å². The summed E-state index contributed by atoms with van der Waals surface area (Å²) >= 11 is 1.23. The number of amides is 3. The molecule has 2 aliphatic heterocycles. The Hall–Kier alpha value is -2.56. The van der Waals surface area contributed by atoms with Crippen molar-refractivity contribution in [2.24, 2.45) is 5.73 Å². The topological polar surface area (TPSA) is 91.6 Å². The van der Waals surface area contributed by atoms with Gasteiger partial charge in [0.1, 0.15) is 11.6 Å². The second-order valence-corrected chi connectivity index (χ2v) is 8.80. The van der Waals surface area contributed by atoms with Crippen molar-refractivity contribution in [3.63, 3.8) is 0 Å². The molecule has 3 amide bonds. The van der Waals surface area contributed by atoms with Gasteiger partial charge >= 0.3 is 12.2 Å². The summed E-state index contributed by atoms with van der Waals surface area (Å²) in [7, 11) is 0. The molecule has 0 radical (unpaired) electrons. The van der Waals surface area contributed by atoms with Crippen LogP contribution in [0.4, 0.5) is 23.1 Å². The fraction of sp³-hybridized carbons (Fsp3) is 0.526. The molecule has 3 rings (SSSR count). The third-order valence-corrected chi connectivity index (χ3v) is 6.59. The van der Waals surface area contributed by atoms with Crippen molar-refractivity contribution < 1.29 is 22.8 Å². The smallest absolute Gasteiger partial charge is 0.368 e. The van der Waals surface area contributed by atoms with Gasteiger partial charge in [-0.1, -0.05) is 17.4 Å². The number of nitrogens with two attached hydrogens (primary N) is 1. The van der Waals surface area contributed by atoms with Gasteiger partial charge in [0.2, 0.25) is 5.91 Å². The van der Waals surface area contributed by atoms with Crippen LogP contribution >= 0.6 is 11.3 Å². The molecule has 0 bridgehead atoms. The summed E-state index contributed by atoms with van der Waals surface area (Å²) in [6, 6.07) is -1.07. The number of aryl methyl sites for hydroxylation is 1. The van der Waals surface area contributed by atoms with E-state index in [0.717, 1.165) is 24.3 Å². The normalized spacial score (nSPS) is 19.8. The van der Waals surface area contributed by atoms with Gasteiger partial charge in [-0.05, 0) is 45.3 Å². The molecule has 1 unspecified atom stereocenters. The fourth-order valence-electron chi connectivity index (χ4n) is 3.43. The van der Waals surface area contributed by atoms with E-state index in [1.807, 2.05) is 0 Å². The Morgan fingerprint density at radius 1 is 1.33 bits per heavy atom. The van der Waals surface area contributed by atoms with Crippen LogP contribution in [0, 0.1) is 6.92 Å². The molecular formula is C19H24F3N5O2S. The lowest BCUT2D eigenvalue weighted by molar-refractivity contribution is -0.211. The van der Waals surface area contributed by atoms with Crippen LogP contribution in [-0.2, 0) is 4.79 Å². The number of aromatic nitrogens is 1. The van der Waals surface area contributed by atoms with Crippen molar-refractivity contribution in [3.05, 3.63) is 28.9 Å². The average Bonchev–Trinajstić information content (AvgIpc) is 3.28. The van der Waals surface area contributed by atoms with Crippen LogP contribution in [0.25, 0.3) is 5.57 Å². The molecule has 30 heavy (non-hydrogen) atoms. The first-order chi connectivity index (χ1) is 13.9. The zero-order valence-electron chi connectivity index (χ0n) is 16.9. The molecule has 3 heterocycles. The van der Waals surface area contributed by atoms with Crippen LogP contribution in [0.1, 0.15) is 37.3 Å². The number of primary amides is 1. The minimum Gasteiger partial charge on any atom is -0.368 e. The summed E-state index contributed by atoms with van der Waals surface area (Å²) in [5.74, 6) is -0.539. The minimum absolute atomic E-state index is 0.103. The molecule has 3 N–H and O–H groups in total. The molecule has 1 saturated heterocycles.